The van der Waals surface area contributed by atoms with E-state index in [4.69, 9.17) is 0 Å². The number of amides is 1. The zero-order chi connectivity index (χ0) is 16.1. The molecule has 1 atom stereocenters. The SMILES string of the molecule is CN1CCCC(CCC(=O)N2CCC(Cn3ccnc3)CC2)C1. The van der Waals surface area contributed by atoms with Gasteiger partial charge in [0.1, 0.15) is 0 Å². The predicted molar refractivity (Wildman–Crippen MR) is 91.0 cm³/mol. The molecule has 0 aliphatic carbocycles. The fraction of sp³-hybridized carbons (Fsp3) is 0.778. The number of aromatic nitrogens is 2. The van der Waals surface area contributed by atoms with Crippen LogP contribution in [0.15, 0.2) is 18.7 Å². The minimum atomic E-state index is 0.374. The van der Waals surface area contributed by atoms with Gasteiger partial charge in [-0.15, -0.1) is 0 Å². The lowest BCUT2D eigenvalue weighted by Crippen LogP contribution is -2.39. The van der Waals surface area contributed by atoms with Gasteiger partial charge in [0, 0.05) is 45.0 Å². The quantitative estimate of drug-likeness (QED) is 0.836. The van der Waals surface area contributed by atoms with E-state index in [-0.39, 0.29) is 0 Å². The van der Waals surface area contributed by atoms with Gasteiger partial charge in [-0.25, -0.2) is 4.98 Å². The number of imidazole rings is 1. The largest absolute Gasteiger partial charge is 0.343 e. The fourth-order valence-electron chi connectivity index (χ4n) is 4.05. The Morgan fingerprint density at radius 3 is 2.70 bits per heavy atom. The van der Waals surface area contributed by atoms with Crippen LogP contribution in [0.4, 0.5) is 0 Å². The van der Waals surface area contributed by atoms with Crippen LogP contribution in [0.2, 0.25) is 0 Å². The van der Waals surface area contributed by atoms with Crippen molar-refractivity contribution in [3.8, 4) is 0 Å². The van der Waals surface area contributed by atoms with Crippen molar-refractivity contribution in [2.24, 2.45) is 11.8 Å². The molecule has 0 radical (unpaired) electrons. The maximum Gasteiger partial charge on any atom is 0.222 e. The highest BCUT2D eigenvalue weighted by molar-refractivity contribution is 5.76. The molecule has 2 aliphatic rings. The highest BCUT2D eigenvalue weighted by atomic mass is 16.2. The molecule has 1 unspecified atom stereocenters. The summed E-state index contributed by atoms with van der Waals surface area (Å²) in [5, 5.41) is 0. The molecule has 1 amide bonds. The number of hydrogen-bond acceptors (Lipinski definition) is 3. The summed E-state index contributed by atoms with van der Waals surface area (Å²) in [6.07, 6.45) is 12.4. The summed E-state index contributed by atoms with van der Waals surface area (Å²) in [7, 11) is 2.19. The summed E-state index contributed by atoms with van der Waals surface area (Å²) in [5.74, 6) is 1.77. The van der Waals surface area contributed by atoms with Crippen molar-refractivity contribution in [3.05, 3.63) is 18.7 Å². The summed E-state index contributed by atoms with van der Waals surface area (Å²) in [6, 6.07) is 0. The van der Waals surface area contributed by atoms with Gasteiger partial charge in [0.05, 0.1) is 6.33 Å². The molecule has 0 saturated carbocycles. The number of nitrogens with zero attached hydrogens (tertiary/aromatic N) is 4. The van der Waals surface area contributed by atoms with Gasteiger partial charge in [-0.3, -0.25) is 4.79 Å². The first kappa shape index (κ1) is 16.5. The zero-order valence-corrected chi connectivity index (χ0v) is 14.4. The third-order valence-corrected chi connectivity index (χ3v) is 5.48. The first-order valence-electron chi connectivity index (χ1n) is 9.13. The van der Waals surface area contributed by atoms with Crippen LogP contribution >= 0.6 is 0 Å². The molecule has 2 fully saturated rings. The lowest BCUT2D eigenvalue weighted by Gasteiger charge is -2.33. The number of carbonyl (C=O) groups excluding carboxylic acids is 1. The first-order valence-corrected chi connectivity index (χ1v) is 9.13. The molecule has 128 valence electrons. The highest BCUT2D eigenvalue weighted by Crippen LogP contribution is 2.23. The van der Waals surface area contributed by atoms with E-state index < -0.39 is 0 Å². The minimum Gasteiger partial charge on any atom is -0.343 e. The first-order chi connectivity index (χ1) is 11.2. The lowest BCUT2D eigenvalue weighted by atomic mass is 9.92. The van der Waals surface area contributed by atoms with E-state index in [2.05, 4.69) is 26.4 Å². The van der Waals surface area contributed by atoms with E-state index in [1.807, 2.05) is 18.7 Å². The maximum atomic E-state index is 12.4. The molecule has 0 aromatic carbocycles. The van der Waals surface area contributed by atoms with E-state index in [1.165, 1.54) is 25.9 Å². The van der Waals surface area contributed by atoms with Gasteiger partial charge in [-0.1, -0.05) is 0 Å². The summed E-state index contributed by atoms with van der Waals surface area (Å²) >= 11 is 0. The highest BCUT2D eigenvalue weighted by Gasteiger charge is 2.24. The minimum absolute atomic E-state index is 0.374. The van der Waals surface area contributed by atoms with Crippen molar-refractivity contribution < 1.29 is 4.79 Å². The molecule has 3 heterocycles. The van der Waals surface area contributed by atoms with E-state index in [0.29, 0.717) is 11.8 Å². The van der Waals surface area contributed by atoms with Crippen molar-refractivity contribution in [2.45, 2.75) is 45.1 Å². The van der Waals surface area contributed by atoms with Crippen LogP contribution in [-0.2, 0) is 11.3 Å². The van der Waals surface area contributed by atoms with Gasteiger partial charge in [-0.2, -0.15) is 0 Å². The molecule has 1 aromatic heterocycles. The molecule has 5 nitrogen and oxygen atoms in total. The molecule has 3 rings (SSSR count). The second-order valence-electron chi connectivity index (χ2n) is 7.39. The third kappa shape index (κ3) is 4.80. The smallest absolute Gasteiger partial charge is 0.222 e. The molecule has 0 N–H and O–H groups in total. The molecule has 0 spiro atoms. The van der Waals surface area contributed by atoms with E-state index in [0.717, 1.165) is 51.2 Å². The van der Waals surface area contributed by atoms with Crippen molar-refractivity contribution in [1.82, 2.24) is 19.4 Å². The normalized spacial score (nSPS) is 24.0. The van der Waals surface area contributed by atoms with Crippen LogP contribution in [0, 0.1) is 11.8 Å². The standard InChI is InChI=1S/C18H30N4O/c1-20-9-2-3-16(13-20)4-5-18(23)22-10-6-17(7-11-22)14-21-12-8-19-15-21/h8,12,15-17H,2-7,9-11,13-14H2,1H3. The molecule has 1 aromatic rings. The van der Waals surface area contributed by atoms with Crippen LogP contribution < -0.4 is 0 Å². The second kappa shape index (κ2) is 7.95. The molecule has 0 bridgehead atoms. The van der Waals surface area contributed by atoms with Crippen molar-refractivity contribution in [2.75, 3.05) is 33.2 Å². The van der Waals surface area contributed by atoms with E-state index in [9.17, 15) is 4.79 Å². The van der Waals surface area contributed by atoms with Crippen LogP contribution in [-0.4, -0.2) is 58.5 Å². The Labute approximate surface area is 139 Å². The van der Waals surface area contributed by atoms with Crippen LogP contribution in [0.5, 0.6) is 0 Å². The number of carbonyl (C=O) groups is 1. The Morgan fingerprint density at radius 2 is 2.00 bits per heavy atom. The van der Waals surface area contributed by atoms with Gasteiger partial charge in [0.15, 0.2) is 0 Å². The fourth-order valence-corrected chi connectivity index (χ4v) is 4.05. The number of piperidine rings is 2. The molecule has 2 saturated heterocycles. The maximum absolute atomic E-state index is 12.4. The second-order valence-corrected chi connectivity index (χ2v) is 7.39. The summed E-state index contributed by atoms with van der Waals surface area (Å²) < 4.78 is 2.15. The Bertz CT molecular complexity index is 479. The van der Waals surface area contributed by atoms with Crippen LogP contribution in [0.3, 0.4) is 0 Å². The van der Waals surface area contributed by atoms with Gasteiger partial charge in [-0.05, 0) is 57.5 Å². The van der Waals surface area contributed by atoms with E-state index in [1.54, 1.807) is 0 Å². The third-order valence-electron chi connectivity index (χ3n) is 5.48. The lowest BCUT2D eigenvalue weighted by molar-refractivity contribution is -0.133. The number of likely N-dealkylation sites (tertiary alicyclic amines) is 2. The van der Waals surface area contributed by atoms with Gasteiger partial charge < -0.3 is 14.4 Å². The van der Waals surface area contributed by atoms with E-state index >= 15 is 0 Å². The summed E-state index contributed by atoms with van der Waals surface area (Å²) in [4.78, 5) is 21.0. The molecular weight excluding hydrogens is 288 g/mol. The van der Waals surface area contributed by atoms with Crippen LogP contribution in [0.25, 0.3) is 0 Å². The topological polar surface area (TPSA) is 41.4 Å². The van der Waals surface area contributed by atoms with Crippen molar-refractivity contribution in [3.63, 3.8) is 0 Å². The summed E-state index contributed by atoms with van der Waals surface area (Å²) in [5.41, 5.74) is 0. The number of hydrogen-bond donors (Lipinski definition) is 0. The molecule has 5 heteroatoms. The average Bonchev–Trinajstić information content (AvgIpc) is 3.06. The van der Waals surface area contributed by atoms with Gasteiger partial charge >= 0.3 is 0 Å². The Morgan fingerprint density at radius 1 is 1.17 bits per heavy atom. The monoisotopic (exact) mass is 318 g/mol. The van der Waals surface area contributed by atoms with Crippen LogP contribution in [0.1, 0.15) is 38.5 Å². The predicted octanol–water partition coefficient (Wildman–Crippen LogP) is 2.24. The summed E-state index contributed by atoms with van der Waals surface area (Å²) in [6.45, 7) is 5.29. The number of rotatable bonds is 5. The average molecular weight is 318 g/mol. The Balaban J connectivity index is 1.36. The van der Waals surface area contributed by atoms with Gasteiger partial charge in [0.2, 0.25) is 5.91 Å². The van der Waals surface area contributed by atoms with Gasteiger partial charge in [0.25, 0.3) is 0 Å². The molecule has 23 heavy (non-hydrogen) atoms. The Hall–Kier alpha value is -1.36. The zero-order valence-electron chi connectivity index (χ0n) is 14.4. The van der Waals surface area contributed by atoms with Crippen molar-refractivity contribution >= 4 is 5.91 Å². The van der Waals surface area contributed by atoms with Crippen molar-refractivity contribution in [1.29, 1.82) is 0 Å². The molecular formula is C18H30N4O. The molecule has 2 aliphatic heterocycles. The Kier molecular flexibility index (Phi) is 5.70.